The molecule has 0 fully saturated rings. The number of benzene rings is 3. The molecule has 0 spiro atoms. The Morgan fingerprint density at radius 1 is 0.763 bits per heavy atom. The molecule has 0 aliphatic carbocycles. The van der Waals surface area contributed by atoms with Gasteiger partial charge in [-0.3, -0.25) is 4.72 Å². The van der Waals surface area contributed by atoms with Gasteiger partial charge in [-0.05, 0) is 127 Å². The smallest absolute Gasteiger partial charge is 0.262 e. The van der Waals surface area contributed by atoms with Crippen molar-refractivity contribution in [3.63, 3.8) is 0 Å². The van der Waals surface area contributed by atoms with Gasteiger partial charge < -0.3 is 23.7 Å². The van der Waals surface area contributed by atoms with Crippen molar-refractivity contribution in [1.29, 1.82) is 0 Å². The zero-order valence-electron chi connectivity index (χ0n) is 20.6. The van der Waals surface area contributed by atoms with Crippen LogP contribution in [0.1, 0.15) is 11.1 Å². The average molecular weight is 898 g/mol. The van der Waals surface area contributed by atoms with Gasteiger partial charge in [-0.15, -0.1) is 0 Å². The summed E-state index contributed by atoms with van der Waals surface area (Å²) in [6, 6.07) is 12.9. The normalized spacial score (nSPS) is 11.8. The van der Waals surface area contributed by atoms with Crippen molar-refractivity contribution >= 4 is 107 Å². The minimum atomic E-state index is -3.97. The van der Waals surface area contributed by atoms with Crippen molar-refractivity contribution in [3.05, 3.63) is 64.7 Å². The Morgan fingerprint density at radius 2 is 1.24 bits per heavy atom. The van der Waals surface area contributed by atoms with Gasteiger partial charge in [0.15, 0.2) is 23.0 Å². The van der Waals surface area contributed by atoms with Crippen molar-refractivity contribution in [3.8, 4) is 28.7 Å². The van der Waals surface area contributed by atoms with Gasteiger partial charge in [0.2, 0.25) is 5.75 Å². The van der Waals surface area contributed by atoms with Crippen molar-refractivity contribution in [2.45, 2.75) is 4.52 Å². The largest absolute Gasteiger partial charge is 0.493 e. The summed E-state index contributed by atoms with van der Waals surface area (Å²) in [6.45, 7) is 0. The lowest BCUT2D eigenvalue weighted by molar-refractivity contribution is 0.324. The fourth-order valence-electron chi connectivity index (χ4n) is 3.38. The lowest BCUT2D eigenvalue weighted by atomic mass is 10.1. The minimum Gasteiger partial charge on any atom is -0.493 e. The molecule has 3 aromatic rings. The number of alkyl halides is 3. The highest BCUT2D eigenvalue weighted by Crippen LogP contribution is 2.46. The third-order valence-corrected chi connectivity index (χ3v) is 7.33. The molecule has 38 heavy (non-hydrogen) atoms. The van der Waals surface area contributed by atoms with Crippen LogP contribution in [0.4, 0.5) is 5.69 Å². The Hall–Kier alpha value is -1.37. The number of hydrogen-bond donors (Lipinski definition) is 1. The molecule has 0 heterocycles. The Balaban J connectivity index is 2.10. The zero-order valence-corrected chi connectivity index (χ0v) is 28.6. The molecule has 0 aliphatic heterocycles. The molecule has 3 rings (SSSR count). The van der Waals surface area contributed by atoms with Crippen LogP contribution in [-0.4, -0.2) is 36.5 Å². The van der Waals surface area contributed by atoms with Crippen LogP contribution < -0.4 is 28.4 Å². The van der Waals surface area contributed by atoms with E-state index in [1.807, 2.05) is 6.08 Å². The molecule has 3 aromatic carbocycles. The summed E-state index contributed by atoms with van der Waals surface area (Å²) in [5, 5.41) is 0.429. The quantitative estimate of drug-likeness (QED) is 0.120. The van der Waals surface area contributed by atoms with Gasteiger partial charge in [0.1, 0.15) is 0 Å². The number of sulfonamides is 1. The van der Waals surface area contributed by atoms with Crippen molar-refractivity contribution < 1.29 is 32.1 Å². The fourth-order valence-corrected chi connectivity index (χ4v) is 5.22. The van der Waals surface area contributed by atoms with Gasteiger partial charge in [0.05, 0.1) is 39.0 Å². The van der Waals surface area contributed by atoms with E-state index in [1.165, 1.54) is 38.5 Å². The summed E-state index contributed by atoms with van der Waals surface area (Å²) >= 11 is 12.2. The van der Waals surface area contributed by atoms with E-state index in [0.29, 0.717) is 33.6 Å². The van der Waals surface area contributed by atoms with Gasteiger partial charge in [0.25, 0.3) is 9.64 Å². The van der Waals surface area contributed by atoms with Crippen LogP contribution in [0.25, 0.3) is 12.2 Å². The predicted molar refractivity (Wildman–Crippen MR) is 176 cm³/mol. The van der Waals surface area contributed by atoms with E-state index < -0.39 is 9.64 Å². The van der Waals surface area contributed by atoms with Crippen LogP contribution in [0.2, 0.25) is 5.02 Å². The summed E-state index contributed by atoms with van der Waals surface area (Å²) in [7, 11) is 2.14. The second-order valence-corrected chi connectivity index (χ2v) is 20.4. The molecule has 0 atom stereocenters. The van der Waals surface area contributed by atoms with E-state index in [1.54, 1.807) is 44.6 Å². The number of anilines is 1. The molecule has 0 aliphatic rings. The van der Waals surface area contributed by atoms with E-state index in [9.17, 15) is 8.42 Å². The Bertz CT molecular complexity index is 1400. The molecule has 0 amide bonds. The number of methoxy groups -OCH3 is 4. The monoisotopic (exact) mass is 897 g/mol. The highest BCUT2D eigenvalue weighted by atomic mass is 127. The maximum absolute atomic E-state index is 13.2. The summed E-state index contributed by atoms with van der Waals surface area (Å²) in [4.78, 5) is 0.0508. The highest BCUT2D eigenvalue weighted by Gasteiger charge is 2.27. The molecule has 8 nitrogen and oxygen atoms in total. The highest BCUT2D eigenvalue weighted by molar-refractivity contribution is 14.3. The Morgan fingerprint density at radius 3 is 1.68 bits per heavy atom. The first-order valence-corrected chi connectivity index (χ1v) is 15.7. The third kappa shape index (κ3) is 8.08. The number of rotatable bonds is 11. The summed E-state index contributed by atoms with van der Waals surface area (Å²) in [6.07, 6.45) is 3.63. The third-order valence-electron chi connectivity index (χ3n) is 5.04. The standard InChI is InChI=1S/C25H23ClI3NO7S/c1-33-20-12-15(5-6-16-13-21(34-2)24(36-4)22(14-16)35-3)11-19(23(20)37-25(27,28)29)30-38(31,32)18-9-7-17(26)8-10-18/h5-14,30H,1-4H3/b6-5-. The molecule has 204 valence electrons. The van der Waals surface area contributed by atoms with Gasteiger partial charge in [-0.2, -0.15) is 0 Å². The van der Waals surface area contributed by atoms with Crippen LogP contribution in [0.3, 0.4) is 0 Å². The molecule has 0 unspecified atom stereocenters. The Labute approximate surface area is 267 Å². The van der Waals surface area contributed by atoms with Gasteiger partial charge in [-0.25, -0.2) is 8.42 Å². The zero-order chi connectivity index (χ0) is 28.1. The second kappa shape index (κ2) is 13.3. The number of nitrogens with one attached hydrogen (secondary N) is 1. The molecule has 0 aromatic heterocycles. The summed E-state index contributed by atoms with van der Waals surface area (Å²) < 4.78 is 56.2. The molecule has 13 heteroatoms. The summed E-state index contributed by atoms with van der Waals surface area (Å²) in [5.74, 6) is 2.08. The molecule has 1 N–H and O–H groups in total. The van der Waals surface area contributed by atoms with E-state index in [-0.39, 0.29) is 16.3 Å². The molecular weight excluding hydrogens is 875 g/mol. The number of hydrogen-bond acceptors (Lipinski definition) is 7. The first-order chi connectivity index (χ1) is 17.9. The molecule has 0 saturated carbocycles. The molecule has 0 bridgehead atoms. The van der Waals surface area contributed by atoms with Gasteiger partial charge in [-0.1, -0.05) is 23.8 Å². The van der Waals surface area contributed by atoms with E-state index in [4.69, 9.17) is 35.3 Å². The van der Waals surface area contributed by atoms with Gasteiger partial charge in [0, 0.05) is 5.02 Å². The van der Waals surface area contributed by atoms with Crippen LogP contribution in [0, 0.1) is 0 Å². The maximum Gasteiger partial charge on any atom is 0.262 e. The van der Waals surface area contributed by atoms with Crippen LogP contribution in [0.5, 0.6) is 28.7 Å². The van der Waals surface area contributed by atoms with Gasteiger partial charge >= 0.3 is 0 Å². The SMILES string of the molecule is COc1cc(/C=C\c2cc(OC)c(OC)c(OC)c2)cc(NS(=O)(=O)c2ccc(Cl)cc2)c1OC(I)(I)I. The topological polar surface area (TPSA) is 92.3 Å². The van der Waals surface area contributed by atoms with Crippen LogP contribution >= 0.6 is 79.4 Å². The molecular formula is C25H23ClI3NO7S. The summed E-state index contributed by atoms with van der Waals surface area (Å²) in [5.41, 5.74) is 1.63. The minimum absolute atomic E-state index is 0.0508. The van der Waals surface area contributed by atoms with Crippen LogP contribution in [-0.2, 0) is 10.0 Å². The first kappa shape index (κ1) is 31.2. The lowest BCUT2D eigenvalue weighted by Gasteiger charge is -2.22. The van der Waals surface area contributed by atoms with E-state index in [0.717, 1.165) is 5.56 Å². The fraction of sp³-hybridized carbons (Fsp3) is 0.200. The van der Waals surface area contributed by atoms with Crippen molar-refractivity contribution in [2.75, 3.05) is 33.2 Å². The van der Waals surface area contributed by atoms with Crippen LogP contribution in [0.15, 0.2) is 53.4 Å². The first-order valence-electron chi connectivity index (χ1n) is 10.6. The number of halogens is 4. The van der Waals surface area contributed by atoms with Crippen molar-refractivity contribution in [1.82, 2.24) is 0 Å². The predicted octanol–water partition coefficient (Wildman–Crippen LogP) is 7.64. The number of ether oxygens (including phenoxy) is 5. The molecule has 0 saturated heterocycles. The van der Waals surface area contributed by atoms with Crippen molar-refractivity contribution in [2.24, 2.45) is 0 Å². The lowest BCUT2D eigenvalue weighted by Crippen LogP contribution is -2.17. The maximum atomic E-state index is 13.2. The average Bonchev–Trinajstić information content (AvgIpc) is 2.87. The Kier molecular flexibility index (Phi) is 10.9. The van der Waals surface area contributed by atoms with E-state index >= 15 is 0 Å². The molecule has 0 radical (unpaired) electrons. The van der Waals surface area contributed by atoms with E-state index in [2.05, 4.69) is 72.5 Å². The second-order valence-electron chi connectivity index (χ2n) is 7.50.